The molecular weight excluding hydrogens is 340 g/mol. The molecule has 0 amide bonds. The minimum Gasteiger partial charge on any atom is -0.508 e. The van der Waals surface area contributed by atoms with Crippen LogP contribution in [0.25, 0.3) is 0 Å². The number of phenolic OH excluding ortho intramolecular Hbond substituents is 1. The molecule has 0 saturated heterocycles. The highest BCUT2D eigenvalue weighted by Gasteiger charge is 2.08. The highest BCUT2D eigenvalue weighted by Crippen LogP contribution is 2.18. The Morgan fingerprint density at radius 3 is 2.12 bits per heavy atom. The molecule has 2 rings (SSSR count). The summed E-state index contributed by atoms with van der Waals surface area (Å²) in [6, 6.07) is 13.7. The van der Waals surface area contributed by atoms with Gasteiger partial charge in [-0.15, -0.1) is 0 Å². The first kappa shape index (κ1) is 21.0. The van der Waals surface area contributed by atoms with Crippen LogP contribution >= 0.6 is 0 Å². The summed E-state index contributed by atoms with van der Waals surface area (Å²) in [5, 5.41) is 17.5. The fraction of sp³-hybridized carbons (Fsp3) is 0.263. The average molecular weight is 362 g/mol. The van der Waals surface area contributed by atoms with Crippen molar-refractivity contribution in [2.75, 3.05) is 21.0 Å². The summed E-state index contributed by atoms with van der Waals surface area (Å²) in [5.74, 6) is -0.547. The largest absolute Gasteiger partial charge is 0.508 e. The Bertz CT molecular complexity index is 713. The van der Waals surface area contributed by atoms with Crippen LogP contribution in [0.4, 0.5) is 0 Å². The van der Waals surface area contributed by atoms with Gasteiger partial charge in [0.1, 0.15) is 11.5 Å². The average Bonchev–Trinajstić information content (AvgIpc) is 2.63. The number of ether oxygens (including phenoxy) is 3. The van der Waals surface area contributed by atoms with Crippen molar-refractivity contribution in [3.63, 3.8) is 0 Å². The first-order chi connectivity index (χ1) is 12.5. The van der Waals surface area contributed by atoms with E-state index in [-0.39, 0.29) is 31.4 Å². The van der Waals surface area contributed by atoms with Crippen LogP contribution in [0.1, 0.15) is 11.1 Å². The Hall–Kier alpha value is -3.06. The van der Waals surface area contributed by atoms with Gasteiger partial charge in [0.25, 0.3) is 0 Å². The van der Waals surface area contributed by atoms with Crippen molar-refractivity contribution in [3.8, 4) is 11.5 Å². The van der Waals surface area contributed by atoms with Gasteiger partial charge in [-0.25, -0.2) is 0 Å². The molecule has 0 bridgehead atoms. The molecule has 0 saturated carbocycles. The van der Waals surface area contributed by atoms with Gasteiger partial charge >= 0.3 is 11.9 Å². The topological polar surface area (TPSA) is 102 Å². The number of benzene rings is 2. The summed E-state index contributed by atoms with van der Waals surface area (Å²) in [6.45, 7) is 0.165. The number of phenols is 1. The van der Waals surface area contributed by atoms with Crippen LogP contribution in [0.2, 0.25) is 0 Å². The predicted octanol–water partition coefficient (Wildman–Crippen LogP) is 2.40. The number of para-hydroxylation sites is 2. The molecule has 0 heterocycles. The molecule has 0 spiro atoms. The predicted molar refractivity (Wildman–Crippen MR) is 94.1 cm³/mol. The van der Waals surface area contributed by atoms with E-state index < -0.39 is 5.97 Å². The van der Waals surface area contributed by atoms with E-state index in [4.69, 9.17) is 19.7 Å². The SMILES string of the molecule is COCOc1ccccc1CC(=O)OC.O=C(O)Cc1ccccc1O. The zero-order valence-electron chi connectivity index (χ0n) is 14.7. The van der Waals surface area contributed by atoms with Crippen LogP contribution in [0.3, 0.4) is 0 Å². The van der Waals surface area contributed by atoms with E-state index in [0.717, 1.165) is 5.56 Å². The Morgan fingerprint density at radius 1 is 0.923 bits per heavy atom. The van der Waals surface area contributed by atoms with Crippen molar-refractivity contribution < 1.29 is 34.0 Å². The summed E-state index contributed by atoms with van der Waals surface area (Å²) >= 11 is 0. The normalized spacial score (nSPS) is 9.62. The Morgan fingerprint density at radius 2 is 1.54 bits per heavy atom. The van der Waals surface area contributed by atoms with E-state index in [2.05, 4.69) is 4.74 Å². The molecule has 0 aliphatic rings. The monoisotopic (exact) mass is 362 g/mol. The van der Waals surface area contributed by atoms with Crippen molar-refractivity contribution in [1.82, 2.24) is 0 Å². The summed E-state index contributed by atoms with van der Waals surface area (Å²) in [7, 11) is 2.91. The highest BCUT2D eigenvalue weighted by molar-refractivity contribution is 5.73. The molecule has 7 nitrogen and oxygen atoms in total. The van der Waals surface area contributed by atoms with E-state index in [1.54, 1.807) is 31.4 Å². The zero-order valence-corrected chi connectivity index (χ0v) is 14.7. The van der Waals surface area contributed by atoms with Gasteiger partial charge in [0.2, 0.25) is 0 Å². The lowest BCUT2D eigenvalue weighted by Crippen LogP contribution is -2.07. The van der Waals surface area contributed by atoms with Crippen LogP contribution in [0.5, 0.6) is 11.5 Å². The molecule has 0 aliphatic heterocycles. The second-order valence-corrected chi connectivity index (χ2v) is 5.11. The number of hydrogen-bond donors (Lipinski definition) is 2. The number of carbonyl (C=O) groups is 2. The number of aromatic hydroxyl groups is 1. The lowest BCUT2D eigenvalue weighted by Gasteiger charge is -2.09. The van der Waals surface area contributed by atoms with Crippen LogP contribution in [0.15, 0.2) is 48.5 Å². The fourth-order valence-corrected chi connectivity index (χ4v) is 1.96. The standard InChI is InChI=1S/C11H14O4.C8H8O3/c1-13-8-15-10-6-4-3-5-9(10)7-11(12)14-2;9-7-4-2-1-3-6(7)5-8(10)11/h3-6H,7-8H2,1-2H3;1-4,9H,5H2,(H,10,11). The first-order valence-electron chi connectivity index (χ1n) is 7.73. The molecule has 0 radical (unpaired) electrons. The molecule has 2 N–H and O–H groups in total. The summed E-state index contributed by atoms with van der Waals surface area (Å²) in [6.07, 6.45) is 0.0725. The summed E-state index contributed by atoms with van der Waals surface area (Å²) < 4.78 is 14.7. The molecule has 2 aromatic rings. The second kappa shape index (κ2) is 11.5. The van der Waals surface area contributed by atoms with Crippen LogP contribution in [0, 0.1) is 0 Å². The maximum absolute atomic E-state index is 11.1. The van der Waals surface area contributed by atoms with Crippen LogP contribution in [-0.2, 0) is 31.9 Å². The van der Waals surface area contributed by atoms with Gasteiger partial charge in [0, 0.05) is 18.2 Å². The molecule has 140 valence electrons. The number of carbonyl (C=O) groups excluding carboxylic acids is 1. The van der Waals surface area contributed by atoms with Gasteiger partial charge in [-0.2, -0.15) is 0 Å². The summed E-state index contributed by atoms with van der Waals surface area (Å²) in [5.41, 5.74) is 1.24. The number of methoxy groups -OCH3 is 2. The third-order valence-electron chi connectivity index (χ3n) is 3.20. The van der Waals surface area contributed by atoms with E-state index in [1.165, 1.54) is 13.2 Å². The van der Waals surface area contributed by atoms with Gasteiger partial charge in [0.15, 0.2) is 6.79 Å². The van der Waals surface area contributed by atoms with E-state index in [9.17, 15) is 9.59 Å². The minimum atomic E-state index is -0.938. The molecular formula is C19H22O7. The molecule has 7 heteroatoms. The van der Waals surface area contributed by atoms with Crippen LogP contribution in [-0.4, -0.2) is 43.2 Å². The van der Waals surface area contributed by atoms with E-state index in [1.807, 2.05) is 18.2 Å². The van der Waals surface area contributed by atoms with Crippen molar-refractivity contribution in [2.45, 2.75) is 12.8 Å². The number of hydrogen-bond acceptors (Lipinski definition) is 6. The number of aliphatic carboxylic acids is 1. The number of rotatable bonds is 7. The van der Waals surface area contributed by atoms with Gasteiger partial charge in [0.05, 0.1) is 20.0 Å². The molecule has 0 atom stereocenters. The first-order valence-corrected chi connectivity index (χ1v) is 7.73. The molecule has 26 heavy (non-hydrogen) atoms. The van der Waals surface area contributed by atoms with Gasteiger partial charge < -0.3 is 24.4 Å². The number of esters is 1. The molecule has 0 aliphatic carbocycles. The Kier molecular flexibility index (Phi) is 9.27. The van der Waals surface area contributed by atoms with Gasteiger partial charge in [-0.1, -0.05) is 36.4 Å². The number of carboxylic acids is 1. The third kappa shape index (κ3) is 7.67. The maximum atomic E-state index is 11.1. The lowest BCUT2D eigenvalue weighted by molar-refractivity contribution is -0.140. The van der Waals surface area contributed by atoms with Crippen molar-refractivity contribution in [2.24, 2.45) is 0 Å². The molecule has 0 aromatic heterocycles. The van der Waals surface area contributed by atoms with Crippen LogP contribution < -0.4 is 4.74 Å². The molecule has 0 fully saturated rings. The van der Waals surface area contributed by atoms with Gasteiger partial charge in [-0.05, 0) is 12.1 Å². The smallest absolute Gasteiger partial charge is 0.310 e. The highest BCUT2D eigenvalue weighted by atomic mass is 16.7. The summed E-state index contributed by atoms with van der Waals surface area (Å²) in [4.78, 5) is 21.3. The zero-order chi connectivity index (χ0) is 19.4. The molecule has 2 aromatic carbocycles. The van der Waals surface area contributed by atoms with Gasteiger partial charge in [-0.3, -0.25) is 9.59 Å². The van der Waals surface area contributed by atoms with Crippen molar-refractivity contribution in [1.29, 1.82) is 0 Å². The van der Waals surface area contributed by atoms with E-state index >= 15 is 0 Å². The Labute approximate surface area is 151 Å². The van der Waals surface area contributed by atoms with Crippen molar-refractivity contribution in [3.05, 3.63) is 59.7 Å². The van der Waals surface area contributed by atoms with Crippen molar-refractivity contribution >= 4 is 11.9 Å². The molecule has 0 unspecified atom stereocenters. The minimum absolute atomic E-state index is 0.0369. The quantitative estimate of drug-likeness (QED) is 0.576. The maximum Gasteiger partial charge on any atom is 0.310 e. The lowest BCUT2D eigenvalue weighted by atomic mass is 10.1. The number of carboxylic acid groups (broad SMARTS) is 1. The third-order valence-corrected chi connectivity index (χ3v) is 3.20. The second-order valence-electron chi connectivity index (χ2n) is 5.11. The van der Waals surface area contributed by atoms with E-state index in [0.29, 0.717) is 11.3 Å². The fourth-order valence-electron chi connectivity index (χ4n) is 1.96. The Balaban J connectivity index is 0.000000273.